The van der Waals surface area contributed by atoms with Gasteiger partial charge in [-0.05, 0) is 72.7 Å². The second-order valence-electron chi connectivity index (χ2n) is 8.78. The normalized spacial score (nSPS) is 16.4. The zero-order valence-corrected chi connectivity index (χ0v) is 17.2. The molecular formula is C25H27NO3. The number of fused-ring (bicyclic) bond motifs is 5. The van der Waals surface area contributed by atoms with E-state index in [2.05, 4.69) is 53.8 Å². The molecule has 1 unspecified atom stereocenters. The Hall–Kier alpha value is -2.88. The molecule has 0 fully saturated rings. The molecule has 29 heavy (non-hydrogen) atoms. The van der Waals surface area contributed by atoms with Crippen molar-refractivity contribution in [2.45, 2.75) is 51.6 Å². The molecule has 4 heteroatoms. The maximum atomic E-state index is 12.9. The highest BCUT2D eigenvalue weighted by atomic mass is 16.6. The number of ketones is 1. The highest BCUT2D eigenvalue weighted by Crippen LogP contribution is 2.38. The number of nitrogens with one attached hydrogen (secondary N) is 1. The summed E-state index contributed by atoms with van der Waals surface area (Å²) in [6, 6.07) is 17.0. The summed E-state index contributed by atoms with van der Waals surface area (Å²) in [6.07, 6.45) is 2.23. The molecule has 150 valence electrons. The van der Waals surface area contributed by atoms with Gasteiger partial charge in [-0.15, -0.1) is 0 Å². The zero-order valence-electron chi connectivity index (χ0n) is 17.2. The van der Waals surface area contributed by atoms with Gasteiger partial charge < -0.3 is 10.1 Å². The van der Waals surface area contributed by atoms with E-state index in [0.29, 0.717) is 0 Å². The third-order valence-electron chi connectivity index (χ3n) is 5.56. The first-order valence-electron chi connectivity index (χ1n) is 10.3. The largest absolute Gasteiger partial charge is 0.444 e. The van der Waals surface area contributed by atoms with Crippen LogP contribution in [-0.2, 0) is 16.0 Å². The van der Waals surface area contributed by atoms with Crippen LogP contribution in [0.1, 0.15) is 50.7 Å². The number of amides is 1. The molecule has 1 N–H and O–H groups in total. The third kappa shape index (κ3) is 3.98. The number of alkyl carbamates (subject to hydrolysis) is 1. The molecule has 0 aromatic heterocycles. The number of rotatable bonds is 3. The number of hydrogen-bond acceptors (Lipinski definition) is 3. The van der Waals surface area contributed by atoms with Gasteiger partial charge in [-0.25, -0.2) is 4.79 Å². The molecule has 1 aliphatic rings. The van der Waals surface area contributed by atoms with Crippen molar-refractivity contribution in [1.82, 2.24) is 5.32 Å². The van der Waals surface area contributed by atoms with Crippen LogP contribution < -0.4 is 5.32 Å². The Morgan fingerprint density at radius 3 is 2.55 bits per heavy atom. The first kappa shape index (κ1) is 19.4. The Balaban J connectivity index is 1.61. The summed E-state index contributed by atoms with van der Waals surface area (Å²) in [6.45, 7) is 5.41. The minimum Gasteiger partial charge on any atom is -0.444 e. The monoisotopic (exact) mass is 389 g/mol. The van der Waals surface area contributed by atoms with Gasteiger partial charge in [-0.3, -0.25) is 4.79 Å². The quantitative estimate of drug-likeness (QED) is 0.601. The zero-order chi connectivity index (χ0) is 20.6. The lowest BCUT2D eigenvalue weighted by molar-refractivity contribution is -0.120. The number of carbonyl (C=O) groups excluding carboxylic acids is 2. The van der Waals surface area contributed by atoms with Gasteiger partial charge in [0.15, 0.2) is 5.78 Å². The molecular weight excluding hydrogens is 362 g/mol. The molecule has 1 aliphatic carbocycles. The average Bonchev–Trinajstić information content (AvgIpc) is 2.69. The standard InChI is InChI=1S/C25H27NO3/c1-25(2,3)29-24(28)26-15-23(27)22-10-6-9-18-20-12-11-16-7-4-5-8-17(16)19(20)13-14-21(18)22/h4-5,7-8,11-14,22H,6,9-10,15H2,1-3H3,(H,26,28). The van der Waals surface area contributed by atoms with Crippen LogP contribution in [0, 0.1) is 0 Å². The molecule has 1 amide bonds. The Bertz CT molecular complexity index is 1090. The molecule has 0 spiro atoms. The van der Waals surface area contributed by atoms with E-state index >= 15 is 0 Å². The molecule has 0 saturated carbocycles. The van der Waals surface area contributed by atoms with Crippen LogP contribution in [0.3, 0.4) is 0 Å². The van der Waals surface area contributed by atoms with Crippen molar-refractivity contribution in [3.05, 3.63) is 59.7 Å². The van der Waals surface area contributed by atoms with E-state index in [-0.39, 0.29) is 18.2 Å². The fraction of sp³-hybridized carbons (Fsp3) is 0.360. The fourth-order valence-electron chi connectivity index (χ4n) is 4.34. The highest BCUT2D eigenvalue weighted by molar-refractivity contribution is 6.09. The van der Waals surface area contributed by atoms with Crippen molar-refractivity contribution in [2.75, 3.05) is 6.54 Å². The van der Waals surface area contributed by atoms with Gasteiger partial charge in [-0.1, -0.05) is 48.5 Å². The van der Waals surface area contributed by atoms with Gasteiger partial charge >= 0.3 is 6.09 Å². The van der Waals surface area contributed by atoms with Crippen LogP contribution in [-0.4, -0.2) is 24.0 Å². The van der Waals surface area contributed by atoms with Crippen LogP contribution in [0.15, 0.2) is 48.5 Å². The molecule has 3 aromatic rings. The van der Waals surface area contributed by atoms with E-state index in [1.807, 2.05) is 0 Å². The summed E-state index contributed by atoms with van der Waals surface area (Å²) in [4.78, 5) is 24.8. The molecule has 0 heterocycles. The number of Topliss-reactive ketones (excluding diaryl/α,β-unsaturated/α-hetero) is 1. The molecule has 0 radical (unpaired) electrons. The van der Waals surface area contributed by atoms with Gasteiger partial charge in [0.1, 0.15) is 5.60 Å². The van der Waals surface area contributed by atoms with Crippen molar-refractivity contribution >= 4 is 33.4 Å². The van der Waals surface area contributed by atoms with Crippen LogP contribution in [0.25, 0.3) is 21.5 Å². The third-order valence-corrected chi connectivity index (χ3v) is 5.56. The van der Waals surface area contributed by atoms with Gasteiger partial charge in [0.2, 0.25) is 0 Å². The summed E-state index contributed by atoms with van der Waals surface area (Å²) >= 11 is 0. The number of aryl methyl sites for hydroxylation is 1. The summed E-state index contributed by atoms with van der Waals surface area (Å²) in [7, 11) is 0. The van der Waals surface area contributed by atoms with E-state index in [1.54, 1.807) is 20.8 Å². The topological polar surface area (TPSA) is 55.4 Å². The van der Waals surface area contributed by atoms with Crippen molar-refractivity contribution < 1.29 is 14.3 Å². The smallest absolute Gasteiger partial charge is 0.408 e. The van der Waals surface area contributed by atoms with E-state index in [0.717, 1.165) is 24.8 Å². The second-order valence-corrected chi connectivity index (χ2v) is 8.78. The Morgan fingerprint density at radius 2 is 1.76 bits per heavy atom. The first-order chi connectivity index (χ1) is 13.8. The molecule has 4 nitrogen and oxygen atoms in total. The molecule has 0 aliphatic heterocycles. The van der Waals surface area contributed by atoms with Crippen LogP contribution in [0.4, 0.5) is 4.79 Å². The molecule has 4 rings (SSSR count). The van der Waals surface area contributed by atoms with Gasteiger partial charge in [0.25, 0.3) is 0 Å². The van der Waals surface area contributed by atoms with Crippen LogP contribution in [0.2, 0.25) is 0 Å². The lowest BCUT2D eigenvalue weighted by Gasteiger charge is -2.26. The molecule has 0 bridgehead atoms. The van der Waals surface area contributed by atoms with Crippen molar-refractivity contribution in [2.24, 2.45) is 0 Å². The van der Waals surface area contributed by atoms with Crippen LogP contribution in [0.5, 0.6) is 0 Å². The molecule has 3 aromatic carbocycles. The summed E-state index contributed by atoms with van der Waals surface area (Å²) < 4.78 is 5.24. The van der Waals surface area contributed by atoms with Gasteiger partial charge in [0.05, 0.1) is 6.54 Å². The van der Waals surface area contributed by atoms with E-state index in [9.17, 15) is 9.59 Å². The van der Waals surface area contributed by atoms with Crippen molar-refractivity contribution in [1.29, 1.82) is 0 Å². The van der Waals surface area contributed by atoms with Gasteiger partial charge in [0, 0.05) is 5.92 Å². The SMILES string of the molecule is CC(C)(C)OC(=O)NCC(=O)C1CCCc2c1ccc1c2ccc2ccccc21. The predicted octanol–water partition coefficient (Wildman–Crippen LogP) is 5.51. The maximum absolute atomic E-state index is 12.9. The highest BCUT2D eigenvalue weighted by Gasteiger charge is 2.28. The molecule has 1 atom stereocenters. The number of benzene rings is 3. The average molecular weight is 389 g/mol. The van der Waals surface area contributed by atoms with E-state index < -0.39 is 11.7 Å². The van der Waals surface area contributed by atoms with Gasteiger partial charge in [-0.2, -0.15) is 0 Å². The minimum absolute atomic E-state index is 0.00518. The lowest BCUT2D eigenvalue weighted by atomic mass is 9.78. The summed E-state index contributed by atoms with van der Waals surface area (Å²) in [5.74, 6) is -0.137. The van der Waals surface area contributed by atoms with E-state index in [4.69, 9.17) is 4.74 Å². The first-order valence-corrected chi connectivity index (χ1v) is 10.3. The number of carbonyl (C=O) groups is 2. The number of ether oxygens (including phenoxy) is 1. The summed E-state index contributed by atoms with van der Waals surface area (Å²) in [5, 5.41) is 7.56. The maximum Gasteiger partial charge on any atom is 0.408 e. The van der Waals surface area contributed by atoms with Crippen molar-refractivity contribution in [3.8, 4) is 0 Å². The second kappa shape index (κ2) is 7.51. The van der Waals surface area contributed by atoms with Crippen LogP contribution >= 0.6 is 0 Å². The minimum atomic E-state index is -0.577. The lowest BCUT2D eigenvalue weighted by Crippen LogP contribution is -2.37. The Kier molecular flexibility index (Phi) is 5.03. The fourth-order valence-corrected chi connectivity index (χ4v) is 4.34. The Morgan fingerprint density at radius 1 is 1.00 bits per heavy atom. The van der Waals surface area contributed by atoms with E-state index in [1.165, 1.54) is 27.1 Å². The van der Waals surface area contributed by atoms with Crippen molar-refractivity contribution in [3.63, 3.8) is 0 Å². The predicted molar refractivity (Wildman–Crippen MR) is 116 cm³/mol. The number of hydrogen-bond donors (Lipinski definition) is 1. The Labute approximate surface area is 171 Å². The molecule has 0 saturated heterocycles. The summed E-state index contributed by atoms with van der Waals surface area (Å²) in [5.41, 5.74) is 1.80.